The lowest BCUT2D eigenvalue weighted by Gasteiger charge is -2.22. The topological polar surface area (TPSA) is 64.2 Å². The van der Waals surface area contributed by atoms with Crippen LogP contribution in [0.15, 0.2) is 30.6 Å². The first-order chi connectivity index (χ1) is 10.1. The van der Waals surface area contributed by atoms with Gasteiger partial charge in [0.25, 0.3) is 5.91 Å². The molecule has 0 aliphatic heterocycles. The zero-order valence-corrected chi connectivity index (χ0v) is 12.5. The maximum Gasteiger partial charge on any atom is 0.254 e. The fraction of sp³-hybridized carbons (Fsp3) is 0.333. The van der Waals surface area contributed by atoms with Gasteiger partial charge in [-0.3, -0.25) is 4.79 Å². The molecule has 110 valence electrons. The van der Waals surface area contributed by atoms with Crippen LogP contribution in [-0.2, 0) is 13.6 Å². The highest BCUT2D eigenvalue weighted by Crippen LogP contribution is 2.30. The van der Waals surface area contributed by atoms with Crippen LogP contribution in [0.4, 0.5) is 5.69 Å². The molecule has 0 bridgehead atoms. The van der Waals surface area contributed by atoms with Crippen molar-refractivity contribution in [1.82, 2.24) is 14.5 Å². The van der Waals surface area contributed by atoms with E-state index in [4.69, 9.17) is 17.3 Å². The molecule has 1 heterocycles. The van der Waals surface area contributed by atoms with Crippen molar-refractivity contribution in [2.24, 2.45) is 7.05 Å². The molecule has 1 aromatic carbocycles. The summed E-state index contributed by atoms with van der Waals surface area (Å²) in [6.07, 6.45) is 5.70. The Hall–Kier alpha value is -2.01. The van der Waals surface area contributed by atoms with Crippen LogP contribution in [0.5, 0.6) is 0 Å². The molecule has 0 unspecified atom stereocenters. The number of aromatic nitrogens is 2. The third-order valence-corrected chi connectivity index (χ3v) is 4.07. The molecule has 1 amide bonds. The molecule has 5 nitrogen and oxygen atoms in total. The lowest BCUT2D eigenvalue weighted by Crippen LogP contribution is -2.33. The Morgan fingerprint density at radius 1 is 1.52 bits per heavy atom. The Labute approximate surface area is 128 Å². The summed E-state index contributed by atoms with van der Waals surface area (Å²) in [5, 5.41) is 0.466. The first-order valence-electron chi connectivity index (χ1n) is 6.88. The molecule has 1 fully saturated rings. The molecule has 1 aliphatic rings. The molecule has 3 rings (SSSR count). The Balaban J connectivity index is 1.85. The van der Waals surface area contributed by atoms with E-state index < -0.39 is 0 Å². The van der Waals surface area contributed by atoms with E-state index >= 15 is 0 Å². The molecular formula is C15H17ClN4O. The second-order valence-electron chi connectivity index (χ2n) is 5.35. The van der Waals surface area contributed by atoms with E-state index in [1.807, 2.05) is 22.7 Å². The molecule has 21 heavy (non-hydrogen) atoms. The van der Waals surface area contributed by atoms with Gasteiger partial charge in [-0.1, -0.05) is 11.6 Å². The van der Waals surface area contributed by atoms with Crippen molar-refractivity contribution in [3.8, 4) is 0 Å². The number of amides is 1. The summed E-state index contributed by atoms with van der Waals surface area (Å²) >= 11 is 5.91. The van der Waals surface area contributed by atoms with Gasteiger partial charge < -0.3 is 15.2 Å². The zero-order chi connectivity index (χ0) is 15.0. The third-order valence-electron chi connectivity index (χ3n) is 3.72. The molecule has 1 aliphatic carbocycles. The summed E-state index contributed by atoms with van der Waals surface area (Å²) in [5.41, 5.74) is 6.79. The summed E-state index contributed by atoms with van der Waals surface area (Å²) in [7, 11) is 1.93. The summed E-state index contributed by atoms with van der Waals surface area (Å²) < 4.78 is 1.93. The van der Waals surface area contributed by atoms with Crippen molar-refractivity contribution >= 4 is 23.2 Å². The van der Waals surface area contributed by atoms with Gasteiger partial charge in [0.05, 0.1) is 17.3 Å². The van der Waals surface area contributed by atoms with Gasteiger partial charge >= 0.3 is 0 Å². The second kappa shape index (κ2) is 5.41. The minimum Gasteiger partial charge on any atom is -0.398 e. The van der Waals surface area contributed by atoms with E-state index in [0.29, 0.717) is 28.9 Å². The van der Waals surface area contributed by atoms with Gasteiger partial charge in [0.15, 0.2) is 0 Å². The van der Waals surface area contributed by atoms with Gasteiger partial charge in [0.1, 0.15) is 5.82 Å². The Morgan fingerprint density at radius 3 is 2.86 bits per heavy atom. The highest BCUT2D eigenvalue weighted by molar-refractivity contribution is 6.33. The molecule has 0 saturated heterocycles. The Morgan fingerprint density at radius 2 is 2.29 bits per heavy atom. The minimum atomic E-state index is -0.0242. The lowest BCUT2D eigenvalue weighted by atomic mass is 10.1. The van der Waals surface area contributed by atoms with Crippen LogP contribution in [0, 0.1) is 0 Å². The van der Waals surface area contributed by atoms with Crippen LogP contribution in [0.2, 0.25) is 5.02 Å². The van der Waals surface area contributed by atoms with Gasteiger partial charge in [-0.2, -0.15) is 0 Å². The molecule has 0 radical (unpaired) electrons. The van der Waals surface area contributed by atoms with Crippen LogP contribution in [0.1, 0.15) is 29.0 Å². The number of carbonyl (C=O) groups excluding carboxylic acids is 1. The normalized spacial score (nSPS) is 14.2. The fourth-order valence-corrected chi connectivity index (χ4v) is 2.41. The summed E-state index contributed by atoms with van der Waals surface area (Å²) in [6.45, 7) is 0.509. The number of nitrogens with zero attached hydrogens (tertiary/aromatic N) is 3. The van der Waals surface area contributed by atoms with Crippen LogP contribution in [-0.4, -0.2) is 26.4 Å². The van der Waals surface area contributed by atoms with Crippen LogP contribution >= 0.6 is 11.6 Å². The monoisotopic (exact) mass is 304 g/mol. The number of hydrogen-bond acceptors (Lipinski definition) is 3. The summed E-state index contributed by atoms with van der Waals surface area (Å²) in [4.78, 5) is 18.9. The third kappa shape index (κ3) is 2.88. The van der Waals surface area contributed by atoms with Crippen molar-refractivity contribution < 1.29 is 4.79 Å². The van der Waals surface area contributed by atoms with E-state index in [2.05, 4.69) is 4.98 Å². The highest BCUT2D eigenvalue weighted by atomic mass is 35.5. The van der Waals surface area contributed by atoms with Gasteiger partial charge in [-0.25, -0.2) is 4.98 Å². The number of rotatable bonds is 4. The van der Waals surface area contributed by atoms with E-state index in [9.17, 15) is 4.79 Å². The molecule has 1 saturated carbocycles. The number of anilines is 1. The van der Waals surface area contributed by atoms with Gasteiger partial charge in [0.2, 0.25) is 0 Å². The van der Waals surface area contributed by atoms with Crippen LogP contribution < -0.4 is 5.73 Å². The van der Waals surface area contributed by atoms with E-state index in [1.54, 1.807) is 24.4 Å². The van der Waals surface area contributed by atoms with Gasteiger partial charge in [-0.05, 0) is 31.0 Å². The molecule has 6 heteroatoms. The van der Waals surface area contributed by atoms with Crippen LogP contribution in [0.25, 0.3) is 0 Å². The number of imidazole rings is 1. The average Bonchev–Trinajstić information content (AvgIpc) is 3.22. The number of halogens is 1. The average molecular weight is 305 g/mol. The molecule has 2 aromatic rings. The smallest absolute Gasteiger partial charge is 0.254 e. The quantitative estimate of drug-likeness (QED) is 0.883. The Bertz CT molecular complexity index is 678. The number of carbonyl (C=O) groups is 1. The van der Waals surface area contributed by atoms with E-state index in [0.717, 1.165) is 18.7 Å². The number of aryl methyl sites for hydroxylation is 1. The predicted molar refractivity (Wildman–Crippen MR) is 82.0 cm³/mol. The lowest BCUT2D eigenvalue weighted by molar-refractivity contribution is 0.0724. The summed E-state index contributed by atoms with van der Waals surface area (Å²) in [6, 6.07) is 5.31. The molecule has 0 atom stereocenters. The van der Waals surface area contributed by atoms with Crippen molar-refractivity contribution in [3.63, 3.8) is 0 Å². The summed E-state index contributed by atoms with van der Waals surface area (Å²) in [5.74, 6) is 0.848. The largest absolute Gasteiger partial charge is 0.398 e. The highest BCUT2D eigenvalue weighted by Gasteiger charge is 2.33. The van der Waals surface area contributed by atoms with Crippen LogP contribution in [0.3, 0.4) is 0 Å². The SMILES string of the molecule is Cn1ccnc1CN(C(=O)c1ccc(Cl)c(N)c1)C1CC1. The van der Waals surface area contributed by atoms with Gasteiger partial charge in [-0.15, -0.1) is 0 Å². The van der Waals surface area contributed by atoms with Gasteiger partial charge in [0, 0.05) is 31.0 Å². The minimum absolute atomic E-state index is 0.0242. The number of nitrogen functional groups attached to an aromatic ring is 1. The van der Waals surface area contributed by atoms with Crippen molar-refractivity contribution in [2.75, 3.05) is 5.73 Å². The van der Waals surface area contributed by atoms with Crippen molar-refractivity contribution in [1.29, 1.82) is 0 Å². The first-order valence-corrected chi connectivity index (χ1v) is 7.26. The maximum absolute atomic E-state index is 12.7. The molecule has 0 spiro atoms. The molecule has 1 aromatic heterocycles. The number of benzene rings is 1. The maximum atomic E-state index is 12.7. The fourth-order valence-electron chi connectivity index (χ4n) is 2.30. The molecule has 2 N–H and O–H groups in total. The number of nitrogens with two attached hydrogens (primary N) is 1. The van der Waals surface area contributed by atoms with Crippen molar-refractivity contribution in [3.05, 3.63) is 47.0 Å². The molecular weight excluding hydrogens is 288 g/mol. The standard InChI is InChI=1S/C15H17ClN4O/c1-19-7-6-18-14(19)9-20(11-3-4-11)15(21)10-2-5-12(16)13(17)8-10/h2,5-8,11H,3-4,9,17H2,1H3. The zero-order valence-electron chi connectivity index (χ0n) is 11.8. The van der Waals surface area contributed by atoms with Crippen molar-refractivity contribution in [2.45, 2.75) is 25.4 Å². The van der Waals surface area contributed by atoms with E-state index in [1.165, 1.54) is 0 Å². The van der Waals surface area contributed by atoms with E-state index in [-0.39, 0.29) is 5.91 Å². The number of hydrogen-bond donors (Lipinski definition) is 1. The predicted octanol–water partition coefficient (Wildman–Crippen LogP) is 2.46. The second-order valence-corrected chi connectivity index (χ2v) is 5.76. The Kier molecular flexibility index (Phi) is 3.59. The first kappa shape index (κ1) is 13.9.